The summed E-state index contributed by atoms with van der Waals surface area (Å²) >= 11 is 0. The van der Waals surface area contributed by atoms with Gasteiger partial charge in [-0.2, -0.15) is 0 Å². The molecule has 0 aliphatic carbocycles. The summed E-state index contributed by atoms with van der Waals surface area (Å²) in [6.45, 7) is 8.33. The number of rotatable bonds is 4. The number of hydrogen-bond donors (Lipinski definition) is 5. The van der Waals surface area contributed by atoms with Crippen LogP contribution < -0.4 is 16.8 Å². The van der Waals surface area contributed by atoms with Crippen molar-refractivity contribution >= 4 is 29.3 Å². The van der Waals surface area contributed by atoms with Gasteiger partial charge in [-0.15, -0.1) is 0 Å². The highest BCUT2D eigenvalue weighted by molar-refractivity contribution is 6.04. The molecule has 0 unspecified atom stereocenters. The number of benzene rings is 1. The van der Waals surface area contributed by atoms with Gasteiger partial charge in [0.05, 0.1) is 17.5 Å². The van der Waals surface area contributed by atoms with E-state index in [1.165, 1.54) is 33.3 Å². The molecule has 0 aromatic heterocycles. The van der Waals surface area contributed by atoms with Crippen LogP contribution in [-0.4, -0.2) is 66.8 Å². The first-order valence-corrected chi connectivity index (χ1v) is 13.6. The lowest BCUT2D eigenvalue weighted by Crippen LogP contribution is -2.39. The second-order valence-electron chi connectivity index (χ2n) is 10.6. The minimum atomic E-state index is -1.01. The normalized spacial score (nSPS) is 29.3. The molecule has 1 aromatic carbocycles. The zero-order chi connectivity index (χ0) is 31.7. The zero-order valence-electron chi connectivity index (χ0n) is 25.2. The van der Waals surface area contributed by atoms with Crippen molar-refractivity contribution < 1.29 is 43.5 Å². The molecule has 2 rings (SSSR count). The number of amides is 2. The van der Waals surface area contributed by atoms with Crippen LogP contribution >= 0.6 is 0 Å². The Labute approximate surface area is 246 Å². The molecule has 0 fully saturated rings. The van der Waals surface area contributed by atoms with Gasteiger partial charge in [0.15, 0.2) is 6.10 Å². The highest BCUT2D eigenvalue weighted by atomic mass is 16.6. The number of nitrogens with two attached hydrogens (primary N) is 2. The van der Waals surface area contributed by atoms with Crippen molar-refractivity contribution in [3.63, 3.8) is 0 Å². The molecule has 2 bridgehead atoms. The zero-order valence-corrected chi connectivity index (χ0v) is 25.2. The number of primary amides is 1. The van der Waals surface area contributed by atoms with Gasteiger partial charge in [0, 0.05) is 44.3 Å². The van der Waals surface area contributed by atoms with E-state index in [2.05, 4.69) is 5.32 Å². The molecule has 232 valence electrons. The van der Waals surface area contributed by atoms with Crippen LogP contribution in [0.3, 0.4) is 0 Å². The Morgan fingerprint density at radius 1 is 1.10 bits per heavy atom. The number of carbonyl (C=O) groups excluding carboxylic acids is 3. The second-order valence-corrected chi connectivity index (χ2v) is 10.6. The summed E-state index contributed by atoms with van der Waals surface area (Å²) in [5, 5.41) is 24.1. The molecular weight excluding hydrogens is 546 g/mol. The first-order valence-electron chi connectivity index (χ1n) is 13.6. The number of allylic oxidation sites excluding steroid dienone is 2. The van der Waals surface area contributed by atoms with Gasteiger partial charge < -0.3 is 45.9 Å². The summed E-state index contributed by atoms with van der Waals surface area (Å²) < 4.78 is 22.5. The number of esters is 1. The van der Waals surface area contributed by atoms with Crippen LogP contribution in [0.25, 0.3) is 0 Å². The van der Waals surface area contributed by atoms with Gasteiger partial charge >= 0.3 is 12.1 Å². The van der Waals surface area contributed by atoms with E-state index in [1.807, 2.05) is 13.8 Å². The van der Waals surface area contributed by atoms with E-state index < -0.39 is 48.3 Å². The average molecular weight is 590 g/mol. The molecule has 1 aliphatic rings. The number of phenolic OH excluding ortho intramolecular Hbond substituents is 2. The van der Waals surface area contributed by atoms with Gasteiger partial charge in [0.25, 0.3) is 5.91 Å². The predicted molar refractivity (Wildman–Crippen MR) is 158 cm³/mol. The molecule has 7 N–H and O–H groups in total. The van der Waals surface area contributed by atoms with E-state index in [1.54, 1.807) is 32.1 Å². The molecule has 1 aromatic rings. The fourth-order valence-corrected chi connectivity index (χ4v) is 4.99. The maximum atomic E-state index is 12.9. The number of methoxy groups -OCH3 is 2. The highest BCUT2D eigenvalue weighted by Crippen LogP contribution is 2.41. The fraction of sp³-hybridized carbons (Fsp3) is 0.500. The maximum absolute atomic E-state index is 12.9. The summed E-state index contributed by atoms with van der Waals surface area (Å²) in [5.74, 6) is -2.22. The van der Waals surface area contributed by atoms with Gasteiger partial charge in [-0.1, -0.05) is 38.2 Å². The highest BCUT2D eigenvalue weighted by Gasteiger charge is 2.33. The van der Waals surface area contributed by atoms with Crippen molar-refractivity contribution in [3.8, 4) is 11.5 Å². The molecule has 2 amide bonds. The van der Waals surface area contributed by atoms with Crippen molar-refractivity contribution in [1.82, 2.24) is 0 Å². The quantitative estimate of drug-likeness (QED) is 0.114. The average Bonchev–Trinajstić information content (AvgIpc) is 2.91. The lowest BCUT2D eigenvalue weighted by molar-refractivity contribution is -0.157. The van der Waals surface area contributed by atoms with Crippen molar-refractivity contribution in [3.05, 3.63) is 47.1 Å². The topological polar surface area (TPSA) is 193 Å². The van der Waals surface area contributed by atoms with Crippen LogP contribution in [0, 0.1) is 11.8 Å². The minimum Gasteiger partial charge on any atom is -0.506 e. The van der Waals surface area contributed by atoms with Crippen molar-refractivity contribution in [2.24, 2.45) is 17.6 Å². The molecule has 0 radical (unpaired) electrons. The van der Waals surface area contributed by atoms with Crippen LogP contribution in [-0.2, 0) is 35.0 Å². The lowest BCUT2D eigenvalue weighted by atomic mass is 9.87. The first-order chi connectivity index (χ1) is 19.7. The Bertz CT molecular complexity index is 1240. The Hall–Kier alpha value is -4.03. The number of carbonyl (C=O) groups is 3. The monoisotopic (exact) mass is 589 g/mol. The van der Waals surface area contributed by atoms with Crippen LogP contribution in [0.5, 0.6) is 11.5 Å². The summed E-state index contributed by atoms with van der Waals surface area (Å²) in [4.78, 5) is 36.8. The van der Waals surface area contributed by atoms with Crippen LogP contribution in [0.1, 0.15) is 46.6 Å². The number of phenols is 2. The Morgan fingerprint density at radius 2 is 1.76 bits per heavy atom. The van der Waals surface area contributed by atoms with Crippen LogP contribution in [0.4, 0.5) is 16.2 Å². The predicted octanol–water partition coefficient (Wildman–Crippen LogP) is 3.71. The molecule has 12 heteroatoms. The van der Waals surface area contributed by atoms with E-state index in [0.29, 0.717) is 12.0 Å². The number of fused-ring (bicyclic) bond motifs is 2. The summed E-state index contributed by atoms with van der Waals surface area (Å²) in [6.07, 6.45) is 2.97. The number of anilines is 2. The van der Waals surface area contributed by atoms with Gasteiger partial charge in [0.2, 0.25) is 0 Å². The first kappa shape index (κ1) is 34.2. The van der Waals surface area contributed by atoms with Gasteiger partial charge in [-0.05, 0) is 38.2 Å². The number of nitrogen functional groups attached to an aromatic ring is 1. The molecule has 0 saturated heterocycles. The number of hydrogen-bond acceptors (Lipinski definition) is 10. The molecule has 12 nitrogen and oxygen atoms in total. The SMILES string of the molecule is CO[C@H]1/C=C\C=C(/C)C(=O)Nc2cc(O)c(N)c(c2O)C[C@@H](C)C[C@H](OC)[C@H](OC(C)=O)[C@@H](C)/C=C(\C)[C@@H]1OC(N)=O. The molecule has 42 heavy (non-hydrogen) atoms. The number of nitrogens with one attached hydrogen (secondary N) is 1. The molecular formula is C30H43N3O9. The summed E-state index contributed by atoms with van der Waals surface area (Å²) in [6, 6.07) is 1.18. The third-order valence-electron chi connectivity index (χ3n) is 7.14. The van der Waals surface area contributed by atoms with Crippen LogP contribution in [0.2, 0.25) is 0 Å². The van der Waals surface area contributed by atoms with Crippen molar-refractivity contribution in [2.75, 3.05) is 25.3 Å². The van der Waals surface area contributed by atoms with Gasteiger partial charge in [-0.25, -0.2) is 4.79 Å². The third kappa shape index (κ3) is 8.98. The largest absolute Gasteiger partial charge is 0.506 e. The van der Waals surface area contributed by atoms with Gasteiger partial charge in [-0.3, -0.25) is 9.59 Å². The minimum absolute atomic E-state index is 0.0113. The third-order valence-corrected chi connectivity index (χ3v) is 7.14. The van der Waals surface area contributed by atoms with Crippen molar-refractivity contribution in [2.45, 2.75) is 71.9 Å². The second kappa shape index (κ2) is 15.3. The molecule has 6 atom stereocenters. The fourth-order valence-electron chi connectivity index (χ4n) is 4.99. The number of ether oxygens (including phenoxy) is 4. The Balaban J connectivity index is 2.71. The summed E-state index contributed by atoms with van der Waals surface area (Å²) in [5.41, 5.74) is 12.6. The Morgan fingerprint density at radius 3 is 2.33 bits per heavy atom. The van der Waals surface area contributed by atoms with E-state index in [9.17, 15) is 24.6 Å². The molecule has 0 spiro atoms. The Kier molecular flexibility index (Phi) is 12.4. The van der Waals surface area contributed by atoms with Crippen LogP contribution in [0.15, 0.2) is 41.5 Å². The molecule has 1 heterocycles. The van der Waals surface area contributed by atoms with E-state index >= 15 is 0 Å². The van der Waals surface area contributed by atoms with E-state index in [-0.39, 0.29) is 46.3 Å². The van der Waals surface area contributed by atoms with E-state index in [4.69, 9.17) is 30.4 Å². The molecule has 1 aliphatic heterocycles. The van der Waals surface area contributed by atoms with Gasteiger partial charge in [0.1, 0.15) is 23.7 Å². The maximum Gasteiger partial charge on any atom is 0.405 e. The summed E-state index contributed by atoms with van der Waals surface area (Å²) in [7, 11) is 2.93. The lowest BCUT2D eigenvalue weighted by Gasteiger charge is -2.32. The number of aromatic hydroxyl groups is 2. The smallest absolute Gasteiger partial charge is 0.405 e. The molecule has 0 saturated carbocycles. The standard InChI is InChI=1S/C30H43N3O9/c1-15-11-20-25(31)22(35)14-21(26(20)36)33-29(37)16(2)9-8-10-23(39-6)27(42-30(32)38)17(3)13-18(4)28(41-19(5)34)24(12-15)40-7/h8-10,13-15,18,23-24,27-28,35-36H,11-12,31H2,1-7H3,(H2,32,38)(H,33,37)/b10-8-,16-9+,17-13+/t15-,18+,23+,24+,27+,28-/m1/s1. The van der Waals surface area contributed by atoms with Crippen molar-refractivity contribution in [1.29, 1.82) is 0 Å². The van der Waals surface area contributed by atoms with E-state index in [0.717, 1.165) is 0 Å².